The molecule has 1 aliphatic heterocycles. The Balaban J connectivity index is 1.36. The van der Waals surface area contributed by atoms with Crippen molar-refractivity contribution in [3.8, 4) is 11.6 Å². The van der Waals surface area contributed by atoms with E-state index in [1.54, 1.807) is 37.5 Å². The number of aliphatic hydroxyl groups excluding tert-OH is 1. The van der Waals surface area contributed by atoms with Crippen molar-refractivity contribution in [3.05, 3.63) is 48.8 Å². The van der Waals surface area contributed by atoms with Crippen LogP contribution in [0.2, 0.25) is 0 Å². The van der Waals surface area contributed by atoms with Crippen LogP contribution in [0, 0.1) is 5.92 Å². The van der Waals surface area contributed by atoms with Gasteiger partial charge in [0.2, 0.25) is 11.8 Å². The molecule has 0 bridgehead atoms. The monoisotopic (exact) mass is 599 g/mol. The highest BCUT2D eigenvalue weighted by Crippen LogP contribution is 2.52. The number of benzene rings is 2. The van der Waals surface area contributed by atoms with Gasteiger partial charge < -0.3 is 29.6 Å². The van der Waals surface area contributed by atoms with Gasteiger partial charge in [-0.3, -0.25) is 13.9 Å². The maximum absolute atomic E-state index is 14.2. The van der Waals surface area contributed by atoms with Gasteiger partial charge in [-0.2, -0.15) is 9.97 Å². The van der Waals surface area contributed by atoms with Gasteiger partial charge in [0.25, 0.3) is 0 Å². The first-order valence-corrected chi connectivity index (χ1v) is 15.3. The molecule has 2 aromatic carbocycles. The third-order valence-corrected chi connectivity index (χ3v) is 8.80. The number of aromatic nitrogens is 4. The number of ether oxygens (including phenoxy) is 3. The number of esters is 1. The fourth-order valence-electron chi connectivity index (χ4n) is 4.78. The molecular weight excluding hydrogens is 565 g/mol. The SMILES string of the molecule is COc1nc(N)nc2c1ncn2[C@H]1C[C@@H](O)[C@@H](COP(=O)(C[C@@H](C)C(=O)OC(C)C)Oc2cccc3ccccc23)O1. The van der Waals surface area contributed by atoms with E-state index in [1.807, 2.05) is 30.3 Å². The van der Waals surface area contributed by atoms with Crippen molar-refractivity contribution in [3.63, 3.8) is 0 Å². The molecule has 1 saturated heterocycles. The molecule has 2 aromatic heterocycles. The molecule has 5 atom stereocenters. The van der Waals surface area contributed by atoms with E-state index in [9.17, 15) is 14.5 Å². The Morgan fingerprint density at radius 3 is 2.71 bits per heavy atom. The smallest absolute Gasteiger partial charge is 0.380 e. The van der Waals surface area contributed by atoms with E-state index in [0.29, 0.717) is 16.9 Å². The lowest BCUT2D eigenvalue weighted by Gasteiger charge is -2.25. The number of hydrogen-bond acceptors (Lipinski definition) is 12. The molecule has 1 fully saturated rings. The number of methoxy groups -OCH3 is 1. The molecule has 42 heavy (non-hydrogen) atoms. The average Bonchev–Trinajstić information content (AvgIpc) is 3.54. The Bertz CT molecular complexity index is 1620. The highest BCUT2D eigenvalue weighted by molar-refractivity contribution is 7.54. The first-order chi connectivity index (χ1) is 20.1. The zero-order chi connectivity index (χ0) is 30.0. The molecule has 1 unspecified atom stereocenters. The Hall–Kier alpha value is -3.77. The van der Waals surface area contributed by atoms with E-state index >= 15 is 0 Å². The number of nitrogens with zero attached hydrogens (tertiary/aromatic N) is 4. The van der Waals surface area contributed by atoms with Crippen molar-refractivity contribution in [1.82, 2.24) is 19.5 Å². The summed E-state index contributed by atoms with van der Waals surface area (Å²) in [4.78, 5) is 25.2. The second-order valence-electron chi connectivity index (χ2n) is 10.4. The number of anilines is 1. The average molecular weight is 600 g/mol. The maximum Gasteiger partial charge on any atom is 0.380 e. The fraction of sp³-hybridized carbons (Fsp3) is 0.429. The second kappa shape index (κ2) is 12.2. The zero-order valence-corrected chi connectivity index (χ0v) is 24.6. The van der Waals surface area contributed by atoms with E-state index in [-0.39, 0.29) is 37.1 Å². The lowest BCUT2D eigenvalue weighted by atomic mass is 10.1. The maximum atomic E-state index is 14.2. The summed E-state index contributed by atoms with van der Waals surface area (Å²) in [6.07, 6.45) is -1.40. The molecule has 4 aromatic rings. The van der Waals surface area contributed by atoms with Crippen molar-refractivity contribution < 1.29 is 37.7 Å². The van der Waals surface area contributed by atoms with E-state index in [2.05, 4.69) is 15.0 Å². The molecule has 224 valence electrons. The number of carbonyl (C=O) groups is 1. The molecule has 1 aliphatic rings. The van der Waals surface area contributed by atoms with Crippen LogP contribution in [0.15, 0.2) is 48.8 Å². The summed E-state index contributed by atoms with van der Waals surface area (Å²) in [5.41, 5.74) is 6.60. The molecular formula is C28H34N5O8P. The van der Waals surface area contributed by atoms with Crippen LogP contribution in [0.25, 0.3) is 21.9 Å². The molecule has 0 aliphatic carbocycles. The third-order valence-electron chi connectivity index (χ3n) is 6.79. The van der Waals surface area contributed by atoms with Crippen LogP contribution in [-0.4, -0.2) is 68.8 Å². The van der Waals surface area contributed by atoms with E-state index in [0.717, 1.165) is 10.8 Å². The highest BCUT2D eigenvalue weighted by Gasteiger charge is 2.40. The van der Waals surface area contributed by atoms with Gasteiger partial charge in [0.05, 0.1) is 44.3 Å². The number of nitrogen functional groups attached to an aromatic ring is 1. The van der Waals surface area contributed by atoms with Crippen LogP contribution in [-0.2, 0) is 23.4 Å². The van der Waals surface area contributed by atoms with Crippen LogP contribution in [0.4, 0.5) is 5.95 Å². The minimum absolute atomic E-state index is 0.00355. The van der Waals surface area contributed by atoms with Crippen LogP contribution >= 0.6 is 7.60 Å². The second-order valence-corrected chi connectivity index (χ2v) is 12.4. The van der Waals surface area contributed by atoms with Gasteiger partial charge in [-0.1, -0.05) is 43.3 Å². The van der Waals surface area contributed by atoms with Crippen LogP contribution in [0.3, 0.4) is 0 Å². The predicted octanol–water partition coefficient (Wildman–Crippen LogP) is 4.10. The summed E-state index contributed by atoms with van der Waals surface area (Å²) in [5, 5.41) is 12.5. The normalized spacial score (nSPS) is 21.0. The topological polar surface area (TPSA) is 170 Å². The molecule has 3 N–H and O–H groups in total. The summed E-state index contributed by atoms with van der Waals surface area (Å²) in [6.45, 7) is 4.82. The van der Waals surface area contributed by atoms with Gasteiger partial charge in [-0.25, -0.2) is 9.55 Å². The van der Waals surface area contributed by atoms with Gasteiger partial charge in [-0.15, -0.1) is 0 Å². The lowest BCUT2D eigenvalue weighted by molar-refractivity contribution is -0.151. The van der Waals surface area contributed by atoms with Crippen molar-refractivity contribution >= 4 is 41.4 Å². The molecule has 3 heterocycles. The van der Waals surface area contributed by atoms with Crippen molar-refractivity contribution in [2.75, 3.05) is 25.6 Å². The van der Waals surface area contributed by atoms with Gasteiger partial charge >= 0.3 is 13.6 Å². The van der Waals surface area contributed by atoms with Crippen molar-refractivity contribution in [2.45, 2.75) is 51.7 Å². The Morgan fingerprint density at radius 1 is 1.19 bits per heavy atom. The Kier molecular flexibility index (Phi) is 8.65. The number of imidazole rings is 1. The van der Waals surface area contributed by atoms with Crippen LogP contribution in [0.5, 0.6) is 11.6 Å². The minimum atomic E-state index is -3.98. The molecule has 5 rings (SSSR count). The molecule has 13 nitrogen and oxygen atoms in total. The molecule has 0 saturated carbocycles. The summed E-state index contributed by atoms with van der Waals surface area (Å²) in [7, 11) is -2.53. The number of hydrogen-bond donors (Lipinski definition) is 2. The van der Waals surface area contributed by atoms with Crippen molar-refractivity contribution in [2.24, 2.45) is 5.92 Å². The largest absolute Gasteiger partial charge is 0.479 e. The standard InChI is InChI=1S/C28H34N5O8P/c1-16(2)39-27(35)17(3)14-42(36,41-21-11-7-9-18-8-5-6-10-19(18)21)38-13-22-20(34)12-23(40-22)33-15-30-24-25(33)31-28(29)32-26(24)37-4/h5-11,15-17,20,22-23,34H,12-14H2,1-4H3,(H2,29,31,32)/t17-,20-,22-,23-,42?/m1/s1. The number of fused-ring (bicyclic) bond motifs is 2. The van der Waals surface area contributed by atoms with Crippen molar-refractivity contribution in [1.29, 1.82) is 0 Å². The summed E-state index contributed by atoms with van der Waals surface area (Å²) in [6, 6.07) is 12.9. The van der Waals surface area contributed by atoms with Gasteiger partial charge in [0.15, 0.2) is 11.2 Å². The van der Waals surface area contributed by atoms with E-state index in [1.165, 1.54) is 13.4 Å². The summed E-state index contributed by atoms with van der Waals surface area (Å²) in [5.74, 6) is -0.741. The molecule has 14 heteroatoms. The zero-order valence-electron chi connectivity index (χ0n) is 23.7. The predicted molar refractivity (Wildman–Crippen MR) is 154 cm³/mol. The van der Waals surface area contributed by atoms with Gasteiger partial charge in [-0.05, 0) is 25.3 Å². The Labute approximate surface area is 242 Å². The first-order valence-electron chi connectivity index (χ1n) is 13.6. The third kappa shape index (κ3) is 6.34. The lowest BCUT2D eigenvalue weighted by Crippen LogP contribution is -2.28. The first kappa shape index (κ1) is 29.7. The molecule has 0 radical (unpaired) electrons. The summed E-state index contributed by atoms with van der Waals surface area (Å²) < 4.78 is 44.5. The number of carbonyl (C=O) groups excluding carboxylic acids is 1. The van der Waals surface area contributed by atoms with E-state index < -0.39 is 37.9 Å². The van der Waals surface area contributed by atoms with Crippen LogP contribution in [0.1, 0.15) is 33.4 Å². The van der Waals surface area contributed by atoms with Gasteiger partial charge in [0.1, 0.15) is 18.1 Å². The number of rotatable bonds is 11. The minimum Gasteiger partial charge on any atom is -0.479 e. The van der Waals surface area contributed by atoms with Crippen LogP contribution < -0.4 is 15.0 Å². The number of aliphatic hydroxyl groups is 1. The Morgan fingerprint density at radius 2 is 1.95 bits per heavy atom. The van der Waals surface area contributed by atoms with E-state index in [4.69, 9.17) is 29.0 Å². The number of nitrogens with two attached hydrogens (primary N) is 1. The molecule has 0 spiro atoms. The van der Waals surface area contributed by atoms with Gasteiger partial charge in [0, 0.05) is 11.8 Å². The fourth-order valence-corrected chi connectivity index (χ4v) is 6.67. The quantitative estimate of drug-likeness (QED) is 0.187. The summed E-state index contributed by atoms with van der Waals surface area (Å²) >= 11 is 0. The molecule has 0 amide bonds. The highest BCUT2D eigenvalue weighted by atomic mass is 31.2.